The van der Waals surface area contributed by atoms with Crippen molar-refractivity contribution in [2.45, 2.75) is 0 Å². The zero-order valence-electron chi connectivity index (χ0n) is 10.6. The molecule has 102 valence electrons. The van der Waals surface area contributed by atoms with E-state index in [0.29, 0.717) is 16.3 Å². The smallest absolute Gasteiger partial charge is 0.270 e. The van der Waals surface area contributed by atoms with Gasteiger partial charge >= 0.3 is 0 Å². The van der Waals surface area contributed by atoms with Gasteiger partial charge in [-0.05, 0) is 18.2 Å². The van der Waals surface area contributed by atoms with Crippen molar-refractivity contribution in [1.82, 2.24) is 0 Å². The van der Waals surface area contributed by atoms with Gasteiger partial charge in [0, 0.05) is 30.4 Å². The number of nitrogens with zero attached hydrogens (tertiary/aromatic N) is 1. The van der Waals surface area contributed by atoms with Crippen molar-refractivity contribution in [3.8, 4) is 0 Å². The first-order chi connectivity index (χ1) is 9.54. The summed E-state index contributed by atoms with van der Waals surface area (Å²) in [7, 11) is 1.64. The van der Waals surface area contributed by atoms with Crippen LogP contribution in [-0.2, 0) is 0 Å². The second kappa shape index (κ2) is 5.71. The van der Waals surface area contributed by atoms with E-state index in [1.54, 1.807) is 31.3 Å². The zero-order valence-corrected chi connectivity index (χ0v) is 11.3. The molecule has 0 spiro atoms. The number of rotatable bonds is 4. The molecule has 0 fully saturated rings. The molecule has 2 aromatic rings. The summed E-state index contributed by atoms with van der Waals surface area (Å²) in [5.41, 5.74) is 0.904. The molecule has 1 N–H and O–H groups in total. The van der Waals surface area contributed by atoms with Gasteiger partial charge in [-0.3, -0.25) is 14.9 Å². The van der Waals surface area contributed by atoms with Crippen LogP contribution in [0.2, 0.25) is 5.02 Å². The summed E-state index contributed by atoms with van der Waals surface area (Å²) in [4.78, 5) is 22.8. The molecule has 20 heavy (non-hydrogen) atoms. The molecule has 2 aromatic carbocycles. The largest absolute Gasteiger partial charge is 0.388 e. The minimum Gasteiger partial charge on any atom is -0.388 e. The SMILES string of the molecule is CNc1ccc([N+](=O)[O-])cc1C(=O)c1ccccc1Cl. The summed E-state index contributed by atoms with van der Waals surface area (Å²) in [5, 5.41) is 14.0. The minimum absolute atomic E-state index is 0.139. The third-order valence-electron chi connectivity index (χ3n) is 2.85. The number of carbonyl (C=O) groups is 1. The van der Waals surface area contributed by atoms with Gasteiger partial charge in [0.2, 0.25) is 0 Å². The highest BCUT2D eigenvalue weighted by Crippen LogP contribution is 2.26. The van der Waals surface area contributed by atoms with E-state index < -0.39 is 4.92 Å². The first-order valence-corrected chi connectivity index (χ1v) is 6.18. The van der Waals surface area contributed by atoms with Crippen LogP contribution in [-0.4, -0.2) is 17.8 Å². The molecule has 5 nitrogen and oxygen atoms in total. The molecule has 0 saturated heterocycles. The molecule has 0 atom stereocenters. The van der Waals surface area contributed by atoms with E-state index in [0.717, 1.165) is 0 Å². The Morgan fingerprint density at radius 2 is 1.90 bits per heavy atom. The summed E-state index contributed by atoms with van der Waals surface area (Å²) in [6.45, 7) is 0. The lowest BCUT2D eigenvalue weighted by atomic mass is 10.0. The van der Waals surface area contributed by atoms with Crippen LogP contribution in [0.3, 0.4) is 0 Å². The predicted octanol–water partition coefficient (Wildman–Crippen LogP) is 3.52. The number of carbonyl (C=O) groups excluding carboxylic acids is 1. The Hall–Kier alpha value is -2.40. The quantitative estimate of drug-likeness (QED) is 0.531. The fourth-order valence-electron chi connectivity index (χ4n) is 1.84. The molecule has 0 aliphatic carbocycles. The molecule has 0 bridgehead atoms. The second-order valence-electron chi connectivity index (χ2n) is 4.05. The van der Waals surface area contributed by atoms with Crippen LogP contribution in [0.15, 0.2) is 42.5 Å². The fourth-order valence-corrected chi connectivity index (χ4v) is 2.06. The third kappa shape index (κ3) is 2.62. The van der Waals surface area contributed by atoms with Crippen LogP contribution in [0.5, 0.6) is 0 Å². The maximum atomic E-state index is 12.5. The summed E-state index contributed by atoms with van der Waals surface area (Å²) >= 11 is 5.99. The number of ketones is 1. The third-order valence-corrected chi connectivity index (χ3v) is 3.18. The molecule has 6 heteroatoms. The number of halogens is 1. The van der Waals surface area contributed by atoms with Gasteiger partial charge in [-0.1, -0.05) is 23.7 Å². The van der Waals surface area contributed by atoms with Gasteiger partial charge in [0.05, 0.1) is 15.5 Å². The van der Waals surface area contributed by atoms with Crippen LogP contribution in [0, 0.1) is 10.1 Å². The Bertz CT molecular complexity index is 686. The van der Waals surface area contributed by atoms with Crippen LogP contribution < -0.4 is 5.32 Å². The lowest BCUT2D eigenvalue weighted by molar-refractivity contribution is -0.384. The second-order valence-corrected chi connectivity index (χ2v) is 4.45. The van der Waals surface area contributed by atoms with E-state index in [1.165, 1.54) is 18.2 Å². The lowest BCUT2D eigenvalue weighted by Gasteiger charge is -2.09. The molecular formula is C14H11ClN2O3. The molecule has 0 unspecified atom stereocenters. The number of benzene rings is 2. The van der Waals surface area contributed by atoms with Crippen molar-refractivity contribution in [3.63, 3.8) is 0 Å². The minimum atomic E-state index is -0.539. The maximum Gasteiger partial charge on any atom is 0.270 e. The van der Waals surface area contributed by atoms with E-state index >= 15 is 0 Å². The molecule has 0 amide bonds. The Labute approximate surface area is 120 Å². The predicted molar refractivity (Wildman–Crippen MR) is 77.5 cm³/mol. The van der Waals surface area contributed by atoms with E-state index in [1.807, 2.05) is 0 Å². The Kier molecular flexibility index (Phi) is 4.00. The molecular weight excluding hydrogens is 280 g/mol. The zero-order chi connectivity index (χ0) is 14.7. The summed E-state index contributed by atoms with van der Waals surface area (Å²) in [5.74, 6) is -0.358. The number of non-ortho nitro benzene ring substituents is 1. The normalized spacial score (nSPS) is 10.1. The average molecular weight is 291 g/mol. The Morgan fingerprint density at radius 1 is 1.20 bits per heavy atom. The van der Waals surface area contributed by atoms with Gasteiger partial charge in [-0.15, -0.1) is 0 Å². The topological polar surface area (TPSA) is 72.2 Å². The number of nitrogens with one attached hydrogen (secondary N) is 1. The van der Waals surface area contributed by atoms with Crippen molar-refractivity contribution in [3.05, 3.63) is 68.7 Å². The molecule has 0 aliphatic heterocycles. The van der Waals surface area contributed by atoms with Crippen LogP contribution in [0.4, 0.5) is 11.4 Å². The maximum absolute atomic E-state index is 12.5. The van der Waals surface area contributed by atoms with Crippen molar-refractivity contribution in [1.29, 1.82) is 0 Å². The standard InChI is InChI=1S/C14H11ClN2O3/c1-16-13-7-6-9(17(19)20)8-11(13)14(18)10-4-2-3-5-12(10)15/h2-8,16H,1H3. The highest BCUT2D eigenvalue weighted by molar-refractivity contribution is 6.35. The van der Waals surface area contributed by atoms with Gasteiger partial charge in [-0.25, -0.2) is 0 Å². The number of nitro benzene ring substituents is 1. The van der Waals surface area contributed by atoms with Gasteiger partial charge in [0.15, 0.2) is 5.78 Å². The van der Waals surface area contributed by atoms with Gasteiger partial charge < -0.3 is 5.32 Å². The van der Waals surface area contributed by atoms with Gasteiger partial charge in [0.25, 0.3) is 5.69 Å². The molecule has 2 rings (SSSR count). The summed E-state index contributed by atoms with van der Waals surface area (Å²) in [6, 6.07) is 10.7. The summed E-state index contributed by atoms with van der Waals surface area (Å²) in [6.07, 6.45) is 0. The molecule has 0 radical (unpaired) electrons. The lowest BCUT2D eigenvalue weighted by Crippen LogP contribution is -2.07. The van der Waals surface area contributed by atoms with Crippen LogP contribution in [0.25, 0.3) is 0 Å². The number of nitro groups is 1. The highest BCUT2D eigenvalue weighted by atomic mass is 35.5. The first kappa shape index (κ1) is 14.0. The highest BCUT2D eigenvalue weighted by Gasteiger charge is 2.19. The monoisotopic (exact) mass is 290 g/mol. The van der Waals surface area contributed by atoms with Crippen molar-refractivity contribution in [2.24, 2.45) is 0 Å². The Balaban J connectivity index is 2.56. The molecule has 0 aromatic heterocycles. The van der Waals surface area contributed by atoms with Crippen LogP contribution >= 0.6 is 11.6 Å². The molecule has 0 saturated carbocycles. The van der Waals surface area contributed by atoms with Gasteiger partial charge in [0.1, 0.15) is 0 Å². The van der Waals surface area contributed by atoms with Crippen molar-refractivity contribution < 1.29 is 9.72 Å². The van der Waals surface area contributed by atoms with E-state index in [9.17, 15) is 14.9 Å². The van der Waals surface area contributed by atoms with E-state index in [-0.39, 0.29) is 17.0 Å². The van der Waals surface area contributed by atoms with Crippen molar-refractivity contribution >= 4 is 28.8 Å². The Morgan fingerprint density at radius 3 is 2.50 bits per heavy atom. The van der Waals surface area contributed by atoms with Gasteiger partial charge in [-0.2, -0.15) is 0 Å². The number of hydrogen-bond donors (Lipinski definition) is 1. The van der Waals surface area contributed by atoms with Crippen molar-refractivity contribution in [2.75, 3.05) is 12.4 Å². The number of hydrogen-bond acceptors (Lipinski definition) is 4. The first-order valence-electron chi connectivity index (χ1n) is 5.80. The van der Waals surface area contributed by atoms with Crippen LogP contribution in [0.1, 0.15) is 15.9 Å². The fraction of sp³-hybridized carbons (Fsp3) is 0.0714. The number of anilines is 1. The van der Waals surface area contributed by atoms with E-state index in [4.69, 9.17) is 11.6 Å². The van der Waals surface area contributed by atoms with E-state index in [2.05, 4.69) is 5.32 Å². The molecule has 0 aliphatic rings. The summed E-state index contributed by atoms with van der Waals surface area (Å²) < 4.78 is 0. The average Bonchev–Trinajstić information content (AvgIpc) is 2.46. The molecule has 0 heterocycles.